The molecule has 2 rings (SSSR count). The Morgan fingerprint density at radius 2 is 2.06 bits per heavy atom. The second-order valence-electron chi connectivity index (χ2n) is 5.26. The number of likely N-dealkylation sites (tertiary alicyclic amines) is 1. The van der Waals surface area contributed by atoms with Crippen molar-refractivity contribution in [1.29, 1.82) is 0 Å². The third-order valence-corrected chi connectivity index (χ3v) is 4.61. The van der Waals surface area contributed by atoms with Crippen molar-refractivity contribution in [3.63, 3.8) is 0 Å². The summed E-state index contributed by atoms with van der Waals surface area (Å²) in [6, 6.07) is 4.43. The first-order chi connectivity index (χ1) is 7.61. The van der Waals surface area contributed by atoms with Crippen LogP contribution in [-0.2, 0) is 6.54 Å². The molecule has 90 valence electrons. The van der Waals surface area contributed by atoms with E-state index < -0.39 is 0 Å². The molecule has 0 aromatic carbocycles. The zero-order valence-corrected chi connectivity index (χ0v) is 11.0. The molecular weight excluding hydrogens is 218 g/mol. The molecule has 0 atom stereocenters. The second-order valence-corrected chi connectivity index (χ2v) is 6.63. The fourth-order valence-electron chi connectivity index (χ4n) is 2.20. The Bertz CT molecular complexity index is 339. The van der Waals surface area contributed by atoms with Crippen molar-refractivity contribution >= 4 is 11.3 Å². The predicted molar refractivity (Wildman–Crippen MR) is 68.8 cm³/mol. The molecule has 0 saturated carbocycles. The van der Waals surface area contributed by atoms with E-state index in [1.165, 1.54) is 9.75 Å². The molecule has 0 bridgehead atoms. The largest absolute Gasteiger partial charge is 0.396 e. The van der Waals surface area contributed by atoms with Gasteiger partial charge in [-0.25, -0.2) is 0 Å². The van der Waals surface area contributed by atoms with Crippen LogP contribution in [0, 0.1) is 12.3 Å². The number of piperidine rings is 1. The van der Waals surface area contributed by atoms with Crippen molar-refractivity contribution in [2.75, 3.05) is 19.7 Å². The number of thiophene rings is 1. The standard InChI is InChI=1S/C13H21NOS/c1-11-3-4-12(16-11)9-14-7-5-13(2,10-15)6-8-14/h3-4,15H,5-10H2,1-2H3. The van der Waals surface area contributed by atoms with Gasteiger partial charge in [-0.15, -0.1) is 11.3 Å². The fourth-order valence-corrected chi connectivity index (χ4v) is 3.13. The molecule has 0 aliphatic carbocycles. The first-order valence-electron chi connectivity index (χ1n) is 6.00. The first kappa shape index (κ1) is 12.1. The molecule has 0 unspecified atom stereocenters. The molecule has 1 fully saturated rings. The summed E-state index contributed by atoms with van der Waals surface area (Å²) in [6.45, 7) is 8.01. The summed E-state index contributed by atoms with van der Waals surface area (Å²) >= 11 is 1.90. The maximum absolute atomic E-state index is 9.31. The van der Waals surface area contributed by atoms with Gasteiger partial charge < -0.3 is 5.11 Å². The normalized spacial score (nSPS) is 21.2. The highest BCUT2D eigenvalue weighted by atomic mass is 32.1. The number of hydrogen-bond donors (Lipinski definition) is 1. The number of hydrogen-bond acceptors (Lipinski definition) is 3. The number of rotatable bonds is 3. The Morgan fingerprint density at radius 1 is 1.38 bits per heavy atom. The van der Waals surface area contributed by atoms with E-state index >= 15 is 0 Å². The molecule has 1 aromatic rings. The molecule has 1 saturated heterocycles. The van der Waals surface area contributed by atoms with E-state index in [2.05, 4.69) is 30.9 Å². The van der Waals surface area contributed by atoms with E-state index in [1.54, 1.807) is 0 Å². The van der Waals surface area contributed by atoms with Crippen LogP contribution in [0.25, 0.3) is 0 Å². The van der Waals surface area contributed by atoms with E-state index in [0.29, 0.717) is 6.61 Å². The average molecular weight is 239 g/mol. The van der Waals surface area contributed by atoms with E-state index in [9.17, 15) is 5.11 Å². The number of nitrogens with zero attached hydrogens (tertiary/aromatic N) is 1. The predicted octanol–water partition coefficient (Wildman–Crippen LogP) is 2.65. The van der Waals surface area contributed by atoms with Gasteiger partial charge in [-0.05, 0) is 50.4 Å². The number of aryl methyl sites for hydroxylation is 1. The van der Waals surface area contributed by atoms with Gasteiger partial charge in [0.2, 0.25) is 0 Å². The van der Waals surface area contributed by atoms with Crippen molar-refractivity contribution in [3.05, 3.63) is 21.9 Å². The monoisotopic (exact) mass is 239 g/mol. The smallest absolute Gasteiger partial charge is 0.0485 e. The first-order valence-corrected chi connectivity index (χ1v) is 6.81. The van der Waals surface area contributed by atoms with Crippen molar-refractivity contribution in [2.45, 2.75) is 33.2 Å². The Hall–Kier alpha value is -0.380. The molecule has 0 spiro atoms. The van der Waals surface area contributed by atoms with Crippen molar-refractivity contribution in [2.24, 2.45) is 5.41 Å². The van der Waals surface area contributed by atoms with E-state index in [0.717, 1.165) is 32.5 Å². The van der Waals surface area contributed by atoms with Crippen LogP contribution in [0.5, 0.6) is 0 Å². The number of aliphatic hydroxyl groups excluding tert-OH is 1. The molecule has 0 amide bonds. The molecule has 3 heteroatoms. The van der Waals surface area contributed by atoms with E-state index in [-0.39, 0.29) is 5.41 Å². The summed E-state index contributed by atoms with van der Waals surface area (Å²) in [6.07, 6.45) is 2.24. The SMILES string of the molecule is Cc1ccc(CN2CCC(C)(CO)CC2)s1. The van der Waals surface area contributed by atoms with Crippen LogP contribution in [0.1, 0.15) is 29.5 Å². The van der Waals surface area contributed by atoms with Crippen LogP contribution >= 0.6 is 11.3 Å². The highest BCUT2D eigenvalue weighted by Crippen LogP contribution is 2.31. The third-order valence-electron chi connectivity index (χ3n) is 3.62. The van der Waals surface area contributed by atoms with Gasteiger partial charge in [0.1, 0.15) is 0 Å². The van der Waals surface area contributed by atoms with Crippen LogP contribution in [0.2, 0.25) is 0 Å². The maximum Gasteiger partial charge on any atom is 0.0485 e. The van der Waals surface area contributed by atoms with Crippen molar-refractivity contribution in [3.8, 4) is 0 Å². The number of aliphatic hydroxyl groups is 1. The fraction of sp³-hybridized carbons (Fsp3) is 0.692. The Morgan fingerprint density at radius 3 is 2.56 bits per heavy atom. The lowest BCUT2D eigenvalue weighted by Gasteiger charge is -2.38. The van der Waals surface area contributed by atoms with E-state index in [1.807, 2.05) is 11.3 Å². The lowest BCUT2D eigenvalue weighted by Crippen LogP contribution is -2.39. The molecule has 0 radical (unpaired) electrons. The average Bonchev–Trinajstić information content (AvgIpc) is 2.68. The van der Waals surface area contributed by atoms with Crippen LogP contribution in [0.3, 0.4) is 0 Å². The van der Waals surface area contributed by atoms with Gasteiger partial charge in [-0.2, -0.15) is 0 Å². The maximum atomic E-state index is 9.31. The van der Waals surface area contributed by atoms with Crippen LogP contribution in [-0.4, -0.2) is 29.7 Å². The zero-order chi connectivity index (χ0) is 11.6. The molecule has 1 aliphatic heterocycles. The molecule has 1 aromatic heterocycles. The minimum absolute atomic E-state index is 0.169. The summed E-state index contributed by atoms with van der Waals surface area (Å²) in [5.41, 5.74) is 0.169. The van der Waals surface area contributed by atoms with Gasteiger partial charge in [0.25, 0.3) is 0 Å². The summed E-state index contributed by atoms with van der Waals surface area (Å²) in [5, 5.41) is 9.31. The highest BCUT2D eigenvalue weighted by molar-refractivity contribution is 7.11. The molecule has 2 heterocycles. The Kier molecular flexibility index (Phi) is 3.67. The quantitative estimate of drug-likeness (QED) is 0.876. The highest BCUT2D eigenvalue weighted by Gasteiger charge is 2.29. The zero-order valence-electron chi connectivity index (χ0n) is 10.2. The Labute approximate surface area is 102 Å². The van der Waals surface area contributed by atoms with Crippen molar-refractivity contribution in [1.82, 2.24) is 4.90 Å². The molecule has 1 aliphatic rings. The summed E-state index contributed by atoms with van der Waals surface area (Å²) in [5.74, 6) is 0. The second kappa shape index (κ2) is 4.86. The van der Waals surface area contributed by atoms with Crippen molar-refractivity contribution < 1.29 is 5.11 Å². The summed E-state index contributed by atoms with van der Waals surface area (Å²) in [4.78, 5) is 5.36. The third kappa shape index (κ3) is 2.84. The minimum Gasteiger partial charge on any atom is -0.396 e. The topological polar surface area (TPSA) is 23.5 Å². The van der Waals surface area contributed by atoms with Gasteiger partial charge >= 0.3 is 0 Å². The van der Waals surface area contributed by atoms with E-state index in [4.69, 9.17) is 0 Å². The lowest BCUT2D eigenvalue weighted by atomic mass is 9.81. The molecular formula is C13H21NOS. The lowest BCUT2D eigenvalue weighted by molar-refractivity contribution is 0.0561. The molecule has 2 nitrogen and oxygen atoms in total. The van der Waals surface area contributed by atoms with Crippen LogP contribution < -0.4 is 0 Å². The van der Waals surface area contributed by atoms with Gasteiger partial charge in [0.05, 0.1) is 0 Å². The molecule has 1 N–H and O–H groups in total. The van der Waals surface area contributed by atoms with Gasteiger partial charge in [0, 0.05) is 22.9 Å². The van der Waals surface area contributed by atoms with Gasteiger partial charge in [-0.3, -0.25) is 4.90 Å². The van der Waals surface area contributed by atoms with Crippen LogP contribution in [0.4, 0.5) is 0 Å². The Balaban J connectivity index is 1.86. The summed E-state index contributed by atoms with van der Waals surface area (Å²) in [7, 11) is 0. The van der Waals surface area contributed by atoms with Gasteiger partial charge in [0.15, 0.2) is 0 Å². The van der Waals surface area contributed by atoms with Crippen LogP contribution in [0.15, 0.2) is 12.1 Å². The minimum atomic E-state index is 0.169. The molecule has 16 heavy (non-hydrogen) atoms. The summed E-state index contributed by atoms with van der Waals surface area (Å²) < 4.78 is 0. The van der Waals surface area contributed by atoms with Gasteiger partial charge in [-0.1, -0.05) is 6.92 Å².